The van der Waals surface area contributed by atoms with Gasteiger partial charge in [-0.15, -0.1) is 0 Å². The first kappa shape index (κ1) is 12.8. The van der Waals surface area contributed by atoms with Gasteiger partial charge in [0.1, 0.15) is 0 Å². The summed E-state index contributed by atoms with van der Waals surface area (Å²) in [5, 5.41) is -0.0518. The van der Waals surface area contributed by atoms with E-state index in [1.54, 1.807) is 6.92 Å². The van der Waals surface area contributed by atoms with Crippen molar-refractivity contribution in [1.82, 2.24) is 0 Å². The average Bonchev–Trinajstić information content (AvgIpc) is 2.13. The number of allylic oxidation sites excluding steroid dienone is 2. The van der Waals surface area contributed by atoms with Crippen LogP contribution in [0.5, 0.6) is 0 Å². The first-order valence-electron chi connectivity index (χ1n) is 3.88. The van der Waals surface area contributed by atoms with Crippen molar-refractivity contribution in [2.24, 2.45) is 11.5 Å². The van der Waals surface area contributed by atoms with Gasteiger partial charge in [0.05, 0.1) is 17.5 Å². The van der Waals surface area contributed by atoms with E-state index in [2.05, 4.69) is 4.74 Å². The molecule has 6 heteroatoms. The molecule has 0 fully saturated rings. The van der Waals surface area contributed by atoms with Gasteiger partial charge in [-0.05, 0) is 19.1 Å². The van der Waals surface area contributed by atoms with Crippen LogP contribution in [0.25, 0.3) is 0 Å². The molecule has 0 aliphatic rings. The third-order valence-electron chi connectivity index (χ3n) is 1.22. The number of ether oxygens (including phenoxy) is 1. The molecule has 0 radical (unpaired) electrons. The molecule has 0 aromatic heterocycles. The number of hydrogen-bond acceptors (Lipinski definition) is 4. The predicted octanol–water partition coefficient (Wildman–Crippen LogP) is 0.769. The van der Waals surface area contributed by atoms with Crippen molar-refractivity contribution in [1.29, 1.82) is 0 Å². The highest BCUT2D eigenvalue weighted by atomic mass is 35.5. The van der Waals surface area contributed by atoms with Crippen molar-refractivity contribution >= 4 is 17.6 Å². The van der Waals surface area contributed by atoms with Crippen molar-refractivity contribution in [2.75, 3.05) is 6.61 Å². The standard InChI is InChI=1S/C8H12ClFN2O2/c1-2-14-8(13)7(10)5(11)3-4-6(9)12/h3-4,7H,2,11-12H2,1H3/b5-3-,6-4-. The van der Waals surface area contributed by atoms with Gasteiger partial charge in [-0.2, -0.15) is 0 Å². The maximum absolute atomic E-state index is 13.0. The van der Waals surface area contributed by atoms with Crippen LogP contribution >= 0.6 is 11.6 Å². The SMILES string of the molecule is CCOC(=O)C(F)/C(N)=C/C=C(\N)Cl. The average molecular weight is 223 g/mol. The highest BCUT2D eigenvalue weighted by molar-refractivity contribution is 6.29. The van der Waals surface area contributed by atoms with E-state index < -0.39 is 12.1 Å². The minimum Gasteiger partial charge on any atom is -0.464 e. The molecule has 0 saturated carbocycles. The van der Waals surface area contributed by atoms with Gasteiger partial charge >= 0.3 is 5.97 Å². The Labute approximate surface area is 86.3 Å². The number of esters is 1. The summed E-state index contributed by atoms with van der Waals surface area (Å²) in [7, 11) is 0. The minimum atomic E-state index is -1.98. The van der Waals surface area contributed by atoms with Crippen LogP contribution in [0.2, 0.25) is 0 Å². The third kappa shape index (κ3) is 4.71. The number of hydrogen-bond donors (Lipinski definition) is 2. The molecular formula is C8H12ClFN2O2. The summed E-state index contributed by atoms with van der Waals surface area (Å²) in [6.07, 6.45) is 0.314. The summed E-state index contributed by atoms with van der Waals surface area (Å²) in [5.41, 5.74) is 9.99. The van der Waals surface area contributed by atoms with Crippen LogP contribution in [0.1, 0.15) is 6.92 Å². The van der Waals surface area contributed by atoms with Gasteiger partial charge in [-0.25, -0.2) is 9.18 Å². The lowest BCUT2D eigenvalue weighted by molar-refractivity contribution is -0.147. The molecular weight excluding hydrogens is 211 g/mol. The summed E-state index contributed by atoms with van der Waals surface area (Å²) in [6, 6.07) is 0. The molecule has 0 heterocycles. The Morgan fingerprint density at radius 1 is 1.57 bits per heavy atom. The van der Waals surface area contributed by atoms with Crippen LogP contribution < -0.4 is 11.5 Å². The highest BCUT2D eigenvalue weighted by Crippen LogP contribution is 2.04. The number of nitrogens with two attached hydrogens (primary N) is 2. The van der Waals surface area contributed by atoms with E-state index in [1.165, 1.54) is 6.08 Å². The van der Waals surface area contributed by atoms with Crippen LogP contribution in [-0.4, -0.2) is 18.7 Å². The van der Waals surface area contributed by atoms with Gasteiger partial charge in [0.2, 0.25) is 6.17 Å². The third-order valence-corrected chi connectivity index (χ3v) is 1.35. The summed E-state index contributed by atoms with van der Waals surface area (Å²) >= 11 is 5.27. The number of rotatable bonds is 4. The van der Waals surface area contributed by atoms with E-state index in [4.69, 9.17) is 23.1 Å². The molecule has 4 nitrogen and oxygen atoms in total. The molecule has 0 amide bonds. The minimum absolute atomic E-state index is 0.0518. The Hall–Kier alpha value is -1.23. The second kappa shape index (κ2) is 6.26. The number of carbonyl (C=O) groups excluding carboxylic acids is 1. The molecule has 0 aromatic carbocycles. The van der Waals surface area contributed by atoms with E-state index in [0.717, 1.165) is 6.08 Å². The molecule has 0 aliphatic carbocycles. The number of carbonyl (C=O) groups is 1. The Morgan fingerprint density at radius 2 is 2.14 bits per heavy atom. The fraction of sp³-hybridized carbons (Fsp3) is 0.375. The van der Waals surface area contributed by atoms with Crippen molar-refractivity contribution in [3.05, 3.63) is 23.0 Å². The maximum Gasteiger partial charge on any atom is 0.346 e. The van der Waals surface area contributed by atoms with Crippen LogP contribution in [0.15, 0.2) is 23.0 Å². The molecule has 0 aromatic rings. The fourth-order valence-electron chi connectivity index (χ4n) is 0.612. The highest BCUT2D eigenvalue weighted by Gasteiger charge is 2.20. The van der Waals surface area contributed by atoms with Crippen LogP contribution in [0.4, 0.5) is 4.39 Å². The molecule has 0 aliphatic heterocycles. The zero-order chi connectivity index (χ0) is 11.1. The maximum atomic E-state index is 13.0. The van der Waals surface area contributed by atoms with E-state index in [-0.39, 0.29) is 17.5 Å². The molecule has 1 unspecified atom stereocenters. The fourth-order valence-corrected chi connectivity index (χ4v) is 0.675. The monoisotopic (exact) mass is 222 g/mol. The van der Waals surface area contributed by atoms with E-state index in [0.29, 0.717) is 0 Å². The van der Waals surface area contributed by atoms with E-state index in [1.807, 2.05) is 0 Å². The Morgan fingerprint density at radius 3 is 2.57 bits per heavy atom. The lowest BCUT2D eigenvalue weighted by Crippen LogP contribution is -2.25. The van der Waals surface area contributed by atoms with Crippen molar-refractivity contribution in [2.45, 2.75) is 13.1 Å². The number of alkyl halides is 1. The van der Waals surface area contributed by atoms with Crippen LogP contribution in [-0.2, 0) is 9.53 Å². The van der Waals surface area contributed by atoms with Crippen LogP contribution in [0, 0.1) is 0 Å². The first-order chi connectivity index (χ1) is 6.49. The summed E-state index contributed by atoms with van der Waals surface area (Å²) in [5.74, 6) is -1.03. The lowest BCUT2D eigenvalue weighted by Gasteiger charge is -2.06. The molecule has 1 atom stereocenters. The molecule has 0 spiro atoms. The molecule has 80 valence electrons. The van der Waals surface area contributed by atoms with Gasteiger partial charge in [-0.1, -0.05) is 11.6 Å². The van der Waals surface area contributed by atoms with E-state index in [9.17, 15) is 9.18 Å². The van der Waals surface area contributed by atoms with Crippen LogP contribution in [0.3, 0.4) is 0 Å². The molecule has 4 N–H and O–H groups in total. The Bertz CT molecular complexity index is 262. The largest absolute Gasteiger partial charge is 0.464 e. The van der Waals surface area contributed by atoms with Crippen molar-refractivity contribution < 1.29 is 13.9 Å². The van der Waals surface area contributed by atoms with Crippen molar-refractivity contribution in [3.63, 3.8) is 0 Å². The van der Waals surface area contributed by atoms with Gasteiger partial charge in [0.25, 0.3) is 0 Å². The van der Waals surface area contributed by atoms with Crippen molar-refractivity contribution in [3.8, 4) is 0 Å². The van der Waals surface area contributed by atoms with Gasteiger partial charge in [0.15, 0.2) is 0 Å². The Kier molecular flexibility index (Phi) is 5.71. The van der Waals surface area contributed by atoms with E-state index >= 15 is 0 Å². The molecule has 14 heavy (non-hydrogen) atoms. The first-order valence-corrected chi connectivity index (χ1v) is 4.25. The second-order valence-corrected chi connectivity index (χ2v) is 2.77. The zero-order valence-corrected chi connectivity index (χ0v) is 8.42. The normalized spacial score (nSPS) is 15.1. The zero-order valence-electron chi connectivity index (χ0n) is 7.67. The summed E-state index contributed by atoms with van der Waals surface area (Å²) in [4.78, 5) is 10.8. The lowest BCUT2D eigenvalue weighted by atomic mass is 10.2. The van der Waals surface area contributed by atoms with Gasteiger partial charge in [-0.3, -0.25) is 0 Å². The molecule has 0 rings (SSSR count). The quantitative estimate of drug-likeness (QED) is 0.418. The smallest absolute Gasteiger partial charge is 0.346 e. The predicted molar refractivity (Wildman–Crippen MR) is 51.9 cm³/mol. The summed E-state index contributed by atoms with van der Waals surface area (Å²) in [6.45, 7) is 1.67. The molecule has 0 bridgehead atoms. The summed E-state index contributed by atoms with van der Waals surface area (Å²) < 4.78 is 17.5. The molecule has 0 saturated heterocycles. The Balaban J connectivity index is 4.38. The second-order valence-electron chi connectivity index (χ2n) is 2.33. The van der Waals surface area contributed by atoms with Gasteiger partial charge < -0.3 is 16.2 Å². The topological polar surface area (TPSA) is 78.3 Å². The van der Waals surface area contributed by atoms with Gasteiger partial charge in [0, 0.05) is 0 Å². The number of halogens is 2.